The van der Waals surface area contributed by atoms with Crippen LogP contribution in [0.5, 0.6) is 23.3 Å². The number of carboxylic acids is 2. The molecule has 2 saturated carbocycles. The molecule has 2 aliphatic rings. The van der Waals surface area contributed by atoms with E-state index in [1.165, 1.54) is 13.0 Å². The summed E-state index contributed by atoms with van der Waals surface area (Å²) in [7, 11) is -8.24. The number of hydrogen-bond donors (Lipinski definition) is 4. The van der Waals surface area contributed by atoms with E-state index in [4.69, 9.17) is 31.3 Å². The fraction of sp³-hybridized carbons (Fsp3) is 0.241. The van der Waals surface area contributed by atoms with Crippen LogP contribution in [-0.2, 0) is 19.7 Å². The lowest BCUT2D eigenvalue weighted by Crippen LogP contribution is -2.11. The number of carboxylic acid groups (broad SMARTS) is 2. The maximum Gasteiger partial charge on any atom is 0.362 e. The molecule has 6 rings (SSSR count). The summed E-state index contributed by atoms with van der Waals surface area (Å²) in [6.45, 7) is 1.31. The van der Waals surface area contributed by atoms with Crippen molar-refractivity contribution in [3.05, 3.63) is 69.0 Å². The molecule has 4 atom stereocenters. The van der Waals surface area contributed by atoms with Gasteiger partial charge >= 0.3 is 11.9 Å². The van der Waals surface area contributed by atoms with Gasteiger partial charge in [-0.15, -0.1) is 10.2 Å². The van der Waals surface area contributed by atoms with Crippen molar-refractivity contribution in [1.29, 1.82) is 0 Å². The van der Waals surface area contributed by atoms with E-state index in [2.05, 4.69) is 53.2 Å². The number of H-pyrrole nitrogens is 2. The van der Waals surface area contributed by atoms with Crippen LogP contribution >= 0.6 is 11.6 Å². The molecule has 0 bridgehead atoms. The highest BCUT2D eigenvalue weighted by molar-refractivity contribution is 7.97. The average Bonchev–Trinajstić information content (AvgIpc) is 3.93. The van der Waals surface area contributed by atoms with Crippen molar-refractivity contribution in [3.8, 4) is 45.6 Å². The molecule has 4 aromatic rings. The number of sulfone groups is 2. The van der Waals surface area contributed by atoms with Gasteiger partial charge in [0.25, 0.3) is 11.8 Å². The van der Waals surface area contributed by atoms with Gasteiger partial charge in [0.1, 0.15) is 23.1 Å². The summed E-state index contributed by atoms with van der Waals surface area (Å²) in [5, 5.41) is 37.7. The Labute approximate surface area is 285 Å². The third kappa shape index (κ3) is 6.81. The smallest absolute Gasteiger partial charge is 0.362 e. The lowest BCUT2D eigenvalue weighted by atomic mass is 10.1. The fourth-order valence-corrected chi connectivity index (χ4v) is 8.31. The summed E-state index contributed by atoms with van der Waals surface area (Å²) in [6, 6.07) is 4.32. The van der Waals surface area contributed by atoms with Crippen molar-refractivity contribution in [2.45, 2.75) is 30.3 Å². The number of aromatic amines is 2. The molecule has 2 fully saturated rings. The number of nitrogens with one attached hydrogen (secondary N) is 2. The molecular formula is C29H19ClF2N6O10S2. The summed E-state index contributed by atoms with van der Waals surface area (Å²) < 4.78 is 92.1. The van der Waals surface area contributed by atoms with E-state index in [-0.39, 0.29) is 46.9 Å². The number of aromatic carboxylic acids is 2. The van der Waals surface area contributed by atoms with Crippen molar-refractivity contribution in [2.75, 3.05) is 0 Å². The van der Waals surface area contributed by atoms with E-state index in [1.54, 1.807) is 0 Å². The number of benzene rings is 2. The van der Waals surface area contributed by atoms with Gasteiger partial charge in [-0.3, -0.25) is 0 Å². The highest BCUT2D eigenvalue weighted by atomic mass is 35.5. The van der Waals surface area contributed by atoms with E-state index in [9.17, 15) is 30.8 Å². The predicted octanol–water partition coefficient (Wildman–Crippen LogP) is 3.07. The molecule has 4 N–H and O–H groups in total. The molecule has 4 unspecified atom stereocenters. The molecular weight excluding hydrogens is 730 g/mol. The van der Waals surface area contributed by atoms with Crippen LogP contribution in [0.1, 0.15) is 50.5 Å². The van der Waals surface area contributed by atoms with Gasteiger partial charge in [-0.2, -0.15) is 0 Å². The van der Waals surface area contributed by atoms with Crippen LogP contribution in [0.15, 0.2) is 24.3 Å². The Kier molecular flexibility index (Phi) is 8.72. The van der Waals surface area contributed by atoms with Gasteiger partial charge in [-0.05, 0) is 61.6 Å². The average molecular weight is 749 g/mol. The fourth-order valence-electron chi connectivity index (χ4n) is 5.07. The SMILES string of the molecule is Cc1c(Oc2[nH]nnc2C(=O)O)ccc(C#CS(=O)(=O)C2CC2C2CC2S(=O)(=O)C#Cc2cc(Oc3[nH]nnc3C(=O)O)cc(F)c2Cl)c1F. The van der Waals surface area contributed by atoms with Gasteiger partial charge < -0.3 is 19.7 Å². The zero-order valence-corrected chi connectivity index (χ0v) is 27.3. The predicted molar refractivity (Wildman–Crippen MR) is 165 cm³/mol. The lowest BCUT2D eigenvalue weighted by molar-refractivity contribution is 0.0676. The minimum absolute atomic E-state index is 0.0924. The van der Waals surface area contributed by atoms with Crippen molar-refractivity contribution in [3.63, 3.8) is 0 Å². The Morgan fingerprint density at radius 2 is 1.38 bits per heavy atom. The lowest BCUT2D eigenvalue weighted by Gasteiger charge is -2.08. The van der Waals surface area contributed by atoms with E-state index >= 15 is 4.39 Å². The van der Waals surface area contributed by atoms with Crippen LogP contribution in [0.25, 0.3) is 0 Å². The highest BCUT2D eigenvalue weighted by Crippen LogP contribution is 2.55. The second-order valence-electron chi connectivity index (χ2n) is 11.0. The standard InChI is InChI=1S/C29H19ClF2N6O10S2/c1-12-19(48-27-25(29(41)42)34-38-36-27)3-2-13(23(12)32)4-6-49(43,44)20-10-16(20)17-11-21(17)50(45,46)7-5-14-8-15(9-18(31)22(14)30)47-26-24(28(39)40)33-37-35-26/h2-3,8-9,16-17,20-21H,10-11H2,1H3,(H,39,40)(H,41,42)(H,33,35,37)(H,34,36,38). The quantitative estimate of drug-likeness (QED) is 0.180. The summed E-state index contributed by atoms with van der Waals surface area (Å²) in [5.41, 5.74) is -1.77. The van der Waals surface area contributed by atoms with Crippen LogP contribution in [0.3, 0.4) is 0 Å². The Bertz CT molecular complexity index is 2450. The monoisotopic (exact) mass is 748 g/mol. The van der Waals surface area contributed by atoms with Crippen LogP contribution < -0.4 is 9.47 Å². The summed E-state index contributed by atoms with van der Waals surface area (Å²) in [6.07, 6.45) is 0.263. The van der Waals surface area contributed by atoms with Crippen LogP contribution in [-0.4, -0.2) is 80.3 Å². The minimum Gasteiger partial charge on any atom is -0.476 e. The van der Waals surface area contributed by atoms with Crippen LogP contribution in [0.2, 0.25) is 5.02 Å². The van der Waals surface area contributed by atoms with Gasteiger partial charge in [0.15, 0.2) is 0 Å². The number of hydrogen-bond acceptors (Lipinski definition) is 12. The van der Waals surface area contributed by atoms with Gasteiger partial charge in [0.05, 0.1) is 26.6 Å². The van der Waals surface area contributed by atoms with Crippen LogP contribution in [0, 0.1) is 52.7 Å². The molecule has 0 spiro atoms. The molecule has 258 valence electrons. The van der Waals surface area contributed by atoms with Crippen molar-refractivity contribution in [2.24, 2.45) is 11.8 Å². The third-order valence-electron chi connectivity index (χ3n) is 7.77. The van der Waals surface area contributed by atoms with Gasteiger partial charge in [-0.25, -0.2) is 45.4 Å². The first-order valence-electron chi connectivity index (χ1n) is 14.0. The number of carbonyl (C=O) groups is 2. The van der Waals surface area contributed by atoms with Gasteiger partial charge in [-0.1, -0.05) is 22.0 Å². The van der Waals surface area contributed by atoms with E-state index in [1.807, 2.05) is 0 Å². The van der Waals surface area contributed by atoms with E-state index in [0.717, 1.165) is 18.2 Å². The maximum absolute atomic E-state index is 15.1. The zero-order chi connectivity index (χ0) is 36.1. The van der Waals surface area contributed by atoms with Gasteiger partial charge in [0, 0.05) is 22.1 Å². The molecule has 0 aliphatic heterocycles. The molecule has 50 heavy (non-hydrogen) atoms. The van der Waals surface area contributed by atoms with E-state index < -0.39 is 87.9 Å². The number of aromatic nitrogens is 6. The molecule has 2 aromatic carbocycles. The van der Waals surface area contributed by atoms with Gasteiger partial charge in [0.2, 0.25) is 31.1 Å². The zero-order valence-electron chi connectivity index (χ0n) is 24.9. The third-order valence-corrected chi connectivity index (χ3v) is 11.6. The Balaban J connectivity index is 1.12. The van der Waals surface area contributed by atoms with Crippen molar-refractivity contribution in [1.82, 2.24) is 30.8 Å². The largest absolute Gasteiger partial charge is 0.476 e. The molecule has 16 nitrogen and oxygen atoms in total. The Morgan fingerprint density at radius 1 is 0.860 bits per heavy atom. The number of halogens is 3. The van der Waals surface area contributed by atoms with E-state index in [0.29, 0.717) is 0 Å². The summed E-state index contributed by atoms with van der Waals surface area (Å²) in [4.78, 5) is 22.4. The first kappa shape index (κ1) is 34.3. The number of ether oxygens (including phenoxy) is 2. The maximum atomic E-state index is 15.1. The van der Waals surface area contributed by atoms with Crippen LogP contribution in [0.4, 0.5) is 8.78 Å². The van der Waals surface area contributed by atoms with Crippen molar-refractivity contribution < 1.29 is 54.9 Å². The molecule has 2 aliphatic carbocycles. The second-order valence-corrected chi connectivity index (χ2v) is 15.2. The Hall–Kier alpha value is -5.57. The first-order valence-corrected chi connectivity index (χ1v) is 17.5. The Morgan fingerprint density at radius 3 is 1.92 bits per heavy atom. The highest BCUT2D eigenvalue weighted by Gasteiger charge is 2.61. The number of rotatable bonds is 9. The molecule has 0 amide bonds. The molecule has 2 aromatic heterocycles. The summed E-state index contributed by atoms with van der Waals surface area (Å²) in [5.74, 6) is -2.46. The molecule has 0 saturated heterocycles. The van der Waals surface area contributed by atoms with Crippen molar-refractivity contribution >= 4 is 43.2 Å². The molecule has 2 heterocycles. The first-order chi connectivity index (χ1) is 23.6. The molecule has 21 heteroatoms. The summed E-state index contributed by atoms with van der Waals surface area (Å²) >= 11 is 5.97. The second kappa shape index (κ2) is 12.7. The topological polar surface area (TPSA) is 244 Å². The number of nitrogens with zero attached hydrogens (tertiary/aromatic N) is 4. The normalized spacial score (nSPS) is 19.4. The molecule has 0 radical (unpaired) electrons. The minimum atomic E-state index is -4.14.